The zero-order valence-corrected chi connectivity index (χ0v) is 14.8. The first-order chi connectivity index (χ1) is 12.8. The molecular weight excluding hydrogens is 344 g/mol. The van der Waals surface area contributed by atoms with E-state index in [2.05, 4.69) is 43.7 Å². The van der Waals surface area contributed by atoms with Gasteiger partial charge in [0.25, 0.3) is 0 Å². The van der Waals surface area contributed by atoms with Gasteiger partial charge < -0.3 is 0 Å². The Morgan fingerprint density at radius 1 is 1.04 bits per heavy atom. The minimum atomic E-state index is 0.450. The first-order valence-corrected chi connectivity index (χ1v) is 8.98. The number of aromatic nitrogens is 5. The van der Waals surface area contributed by atoms with Crippen LogP contribution in [0.4, 0.5) is 0 Å². The Hall–Kier alpha value is -3.06. The summed E-state index contributed by atoms with van der Waals surface area (Å²) in [5.41, 5.74) is 4.28. The lowest BCUT2D eigenvalue weighted by molar-refractivity contribution is 0.844. The fourth-order valence-corrected chi connectivity index (χ4v) is 3.72. The number of hydrogen-bond acceptors (Lipinski definition) is 4. The van der Waals surface area contributed by atoms with Crippen LogP contribution in [-0.4, -0.2) is 31.3 Å². The summed E-state index contributed by atoms with van der Waals surface area (Å²) in [7, 11) is 0. The Morgan fingerprint density at radius 3 is 2.88 bits per heavy atom. The summed E-state index contributed by atoms with van der Waals surface area (Å²) >= 11 is 5.38. The lowest BCUT2D eigenvalue weighted by Gasteiger charge is -2.02. The van der Waals surface area contributed by atoms with Crippen molar-refractivity contribution < 1.29 is 0 Å². The van der Waals surface area contributed by atoms with Crippen molar-refractivity contribution in [3.63, 3.8) is 0 Å². The second kappa shape index (κ2) is 6.03. The molecule has 2 aromatic carbocycles. The zero-order valence-electron chi connectivity index (χ0n) is 13.9. The first kappa shape index (κ1) is 15.2. The molecule has 2 N–H and O–H groups in total. The molecule has 0 radical (unpaired) electrons. The molecule has 0 saturated carbocycles. The number of aryl methyl sites for hydroxylation is 1. The third-order valence-corrected chi connectivity index (χ3v) is 5.07. The number of hydrogen-bond donors (Lipinski definition) is 2. The van der Waals surface area contributed by atoms with Crippen LogP contribution >= 0.6 is 12.2 Å². The first-order valence-electron chi connectivity index (χ1n) is 8.57. The smallest absolute Gasteiger partial charge is 0.216 e. The molecule has 128 valence electrons. The molecule has 0 bridgehead atoms. The van der Waals surface area contributed by atoms with Crippen molar-refractivity contribution >= 4 is 29.2 Å². The maximum atomic E-state index is 5.38. The van der Waals surface area contributed by atoms with E-state index in [1.165, 1.54) is 16.6 Å². The van der Waals surface area contributed by atoms with Gasteiger partial charge in [0.1, 0.15) is 5.69 Å². The van der Waals surface area contributed by atoms with Crippen LogP contribution in [0.3, 0.4) is 0 Å². The van der Waals surface area contributed by atoms with Gasteiger partial charge in [0.15, 0.2) is 0 Å². The van der Waals surface area contributed by atoms with E-state index in [-0.39, 0.29) is 0 Å². The van der Waals surface area contributed by atoms with Crippen molar-refractivity contribution in [2.24, 2.45) is 5.10 Å². The topological polar surface area (TPSA) is 74.7 Å². The molecule has 1 aliphatic carbocycles. The summed E-state index contributed by atoms with van der Waals surface area (Å²) < 4.78 is 2.09. The lowest BCUT2D eigenvalue weighted by Crippen LogP contribution is -1.97. The Labute approximate surface area is 154 Å². The number of rotatable bonds is 3. The fourth-order valence-electron chi connectivity index (χ4n) is 3.54. The summed E-state index contributed by atoms with van der Waals surface area (Å²) in [6.45, 7) is 0. The van der Waals surface area contributed by atoms with Crippen LogP contribution in [0.5, 0.6) is 0 Å². The normalized spacial score (nSPS) is 13.7. The minimum Gasteiger partial charge on any atom is -0.282 e. The number of fused-ring (bicyclic) bond motifs is 2. The lowest BCUT2D eigenvalue weighted by atomic mass is 10.1. The van der Waals surface area contributed by atoms with Gasteiger partial charge in [-0.25, -0.2) is 5.10 Å². The second-order valence-corrected chi connectivity index (χ2v) is 6.75. The van der Waals surface area contributed by atoms with Gasteiger partial charge in [0.05, 0.1) is 6.21 Å². The van der Waals surface area contributed by atoms with Gasteiger partial charge in [-0.3, -0.25) is 5.10 Å². The van der Waals surface area contributed by atoms with Gasteiger partial charge in [-0.1, -0.05) is 42.5 Å². The summed E-state index contributed by atoms with van der Waals surface area (Å²) in [4.78, 5) is 0. The second-order valence-electron chi connectivity index (χ2n) is 6.36. The van der Waals surface area contributed by atoms with E-state index < -0.39 is 0 Å². The van der Waals surface area contributed by atoms with E-state index >= 15 is 0 Å². The van der Waals surface area contributed by atoms with Crippen LogP contribution in [0.25, 0.3) is 22.3 Å². The molecule has 0 fully saturated rings. The number of benzene rings is 2. The maximum Gasteiger partial charge on any atom is 0.216 e. The molecule has 6 nitrogen and oxygen atoms in total. The third kappa shape index (κ3) is 2.40. The highest BCUT2D eigenvalue weighted by Crippen LogP contribution is 2.29. The molecule has 26 heavy (non-hydrogen) atoms. The quantitative estimate of drug-likeness (QED) is 0.430. The average molecular weight is 360 g/mol. The molecular formula is C19H16N6S. The van der Waals surface area contributed by atoms with Crippen molar-refractivity contribution in [1.29, 1.82) is 0 Å². The van der Waals surface area contributed by atoms with Gasteiger partial charge in [-0.15, -0.1) is 0 Å². The molecule has 0 atom stereocenters. The zero-order chi connectivity index (χ0) is 17.5. The molecule has 0 aliphatic heterocycles. The van der Waals surface area contributed by atoms with Crippen LogP contribution in [0.1, 0.15) is 23.2 Å². The molecule has 0 unspecified atom stereocenters. The van der Waals surface area contributed by atoms with Gasteiger partial charge in [0.2, 0.25) is 10.6 Å². The van der Waals surface area contributed by atoms with E-state index in [4.69, 9.17) is 12.2 Å². The minimum absolute atomic E-state index is 0.450. The van der Waals surface area contributed by atoms with Crippen LogP contribution in [0, 0.1) is 4.77 Å². The fraction of sp³-hybridized carbons (Fsp3) is 0.158. The van der Waals surface area contributed by atoms with Gasteiger partial charge in [-0.05, 0) is 42.3 Å². The van der Waals surface area contributed by atoms with Crippen molar-refractivity contribution in [2.75, 3.05) is 0 Å². The van der Waals surface area contributed by atoms with Gasteiger partial charge >= 0.3 is 0 Å². The number of nitrogens with zero attached hydrogens (tertiary/aromatic N) is 4. The number of H-pyrrole nitrogens is 2. The average Bonchev–Trinajstić information content (AvgIpc) is 3.36. The Bertz CT molecular complexity index is 1190. The molecule has 2 heterocycles. The molecule has 0 amide bonds. The molecule has 0 spiro atoms. The Kier molecular flexibility index (Phi) is 3.53. The summed E-state index contributed by atoms with van der Waals surface area (Å²) in [6, 6.07) is 14.4. The van der Waals surface area contributed by atoms with Gasteiger partial charge in [-0.2, -0.15) is 20.0 Å². The van der Waals surface area contributed by atoms with E-state index in [1.54, 1.807) is 4.68 Å². The largest absolute Gasteiger partial charge is 0.282 e. The van der Waals surface area contributed by atoms with Crippen LogP contribution in [0.15, 0.2) is 47.6 Å². The highest BCUT2D eigenvalue weighted by molar-refractivity contribution is 7.71. The van der Waals surface area contributed by atoms with Crippen molar-refractivity contribution in [1.82, 2.24) is 25.1 Å². The number of aromatic amines is 2. The van der Waals surface area contributed by atoms with E-state index in [9.17, 15) is 0 Å². The Balaban J connectivity index is 1.60. The molecule has 1 aliphatic rings. The maximum absolute atomic E-state index is 5.38. The highest BCUT2D eigenvalue weighted by atomic mass is 32.1. The standard InChI is InChI=1S/C19H16N6S/c26-19-24-23-18(17-15-9-4-10-16(15)21-22-17)25(19)20-11-13-7-3-6-12-5-1-2-8-14(12)13/h1-3,5-8,11H,4,9-10H2,(H,21,22)(H,24,26)/b20-11+. The molecule has 2 aromatic heterocycles. The third-order valence-electron chi connectivity index (χ3n) is 4.80. The van der Waals surface area contributed by atoms with Crippen molar-refractivity contribution in [3.8, 4) is 11.5 Å². The number of nitrogens with one attached hydrogen (secondary N) is 2. The SMILES string of the molecule is S=c1[nH]nc(-c2n[nH]c3c2CCC3)n1/N=C/c1cccc2ccccc12. The Morgan fingerprint density at radius 2 is 1.92 bits per heavy atom. The highest BCUT2D eigenvalue weighted by Gasteiger charge is 2.23. The van der Waals surface area contributed by atoms with Crippen molar-refractivity contribution in [2.45, 2.75) is 19.3 Å². The van der Waals surface area contributed by atoms with Gasteiger partial charge in [0, 0.05) is 16.8 Å². The van der Waals surface area contributed by atoms with E-state index in [0.717, 1.165) is 35.9 Å². The summed E-state index contributed by atoms with van der Waals surface area (Å²) in [6.07, 6.45) is 5.01. The molecule has 5 rings (SSSR count). The van der Waals surface area contributed by atoms with Crippen LogP contribution in [0.2, 0.25) is 0 Å². The van der Waals surface area contributed by atoms with Crippen LogP contribution in [-0.2, 0) is 12.8 Å². The van der Waals surface area contributed by atoms with E-state index in [0.29, 0.717) is 10.6 Å². The predicted octanol–water partition coefficient (Wildman–Crippen LogP) is 3.85. The van der Waals surface area contributed by atoms with E-state index in [1.807, 2.05) is 30.5 Å². The van der Waals surface area contributed by atoms with Crippen LogP contribution < -0.4 is 0 Å². The summed E-state index contributed by atoms with van der Waals surface area (Å²) in [5.74, 6) is 0.644. The molecule has 4 aromatic rings. The molecule has 7 heteroatoms. The molecule has 0 saturated heterocycles. The monoisotopic (exact) mass is 360 g/mol. The summed E-state index contributed by atoms with van der Waals surface area (Å²) in [5, 5.41) is 21.7. The predicted molar refractivity (Wildman–Crippen MR) is 104 cm³/mol. The van der Waals surface area contributed by atoms with Crippen molar-refractivity contribution in [3.05, 3.63) is 64.1 Å².